The first-order valence-corrected chi connectivity index (χ1v) is 6.30. The number of carbonyl (C=O) groups is 2. The van der Waals surface area contributed by atoms with Crippen molar-refractivity contribution in [1.29, 1.82) is 0 Å². The zero-order valence-electron chi connectivity index (χ0n) is 11.4. The van der Waals surface area contributed by atoms with Gasteiger partial charge in [-0.05, 0) is 23.6 Å². The molecule has 1 aromatic carbocycles. The van der Waals surface area contributed by atoms with Gasteiger partial charge in [-0.3, -0.25) is 9.59 Å². The molecule has 0 amide bonds. The van der Waals surface area contributed by atoms with E-state index in [9.17, 15) is 14.0 Å². The Morgan fingerprint density at radius 1 is 1.30 bits per heavy atom. The van der Waals surface area contributed by atoms with Gasteiger partial charge in [-0.1, -0.05) is 13.8 Å². The molecular weight excluding hydrogens is 261 g/mol. The highest BCUT2D eigenvalue weighted by atomic mass is 19.1. The third-order valence-corrected chi connectivity index (χ3v) is 3.21. The molecule has 2 rings (SSSR count). The summed E-state index contributed by atoms with van der Waals surface area (Å²) in [7, 11) is 0. The number of carboxylic acid groups (broad SMARTS) is 1. The average Bonchev–Trinajstić information content (AvgIpc) is 2.68. The quantitative estimate of drug-likeness (QED) is 0.823. The first-order chi connectivity index (χ1) is 9.28. The van der Waals surface area contributed by atoms with E-state index in [4.69, 9.17) is 5.11 Å². The largest absolute Gasteiger partial charge is 0.481 e. The number of carbonyl (C=O) groups excluding carboxylic acids is 1. The molecule has 106 valence electrons. The lowest BCUT2D eigenvalue weighted by atomic mass is 9.82. The predicted molar refractivity (Wildman–Crippen MR) is 73.2 cm³/mol. The standard InChI is InChI=1S/C15H16FNO3/c1-15(2,7-14(19)20)6-13(18)11-8-17-12-5-9(16)3-4-10(11)12/h3-5,8,17H,6-7H2,1-2H3,(H,19,20). The maximum atomic E-state index is 13.1. The van der Waals surface area contributed by atoms with Crippen LogP contribution >= 0.6 is 0 Å². The smallest absolute Gasteiger partial charge is 0.303 e. The van der Waals surface area contributed by atoms with Gasteiger partial charge < -0.3 is 10.1 Å². The number of H-pyrrole nitrogens is 1. The Hall–Kier alpha value is -2.17. The number of hydrogen-bond acceptors (Lipinski definition) is 2. The molecule has 0 unspecified atom stereocenters. The Bertz CT molecular complexity index is 673. The minimum atomic E-state index is -0.927. The van der Waals surface area contributed by atoms with E-state index in [1.165, 1.54) is 12.1 Å². The molecule has 20 heavy (non-hydrogen) atoms. The molecule has 2 aromatic rings. The number of rotatable bonds is 5. The number of Topliss-reactive ketones (excluding diaryl/α,β-unsaturated/α-hetero) is 1. The Morgan fingerprint density at radius 2 is 2.00 bits per heavy atom. The van der Waals surface area contributed by atoms with Crippen LogP contribution in [0.15, 0.2) is 24.4 Å². The fourth-order valence-corrected chi connectivity index (χ4v) is 2.33. The minimum absolute atomic E-state index is 0.0737. The van der Waals surface area contributed by atoms with Crippen molar-refractivity contribution in [2.24, 2.45) is 5.41 Å². The lowest BCUT2D eigenvalue weighted by Gasteiger charge is -2.20. The van der Waals surface area contributed by atoms with Crippen LogP contribution < -0.4 is 0 Å². The van der Waals surface area contributed by atoms with Crippen molar-refractivity contribution in [3.63, 3.8) is 0 Å². The molecule has 0 bridgehead atoms. The van der Waals surface area contributed by atoms with E-state index >= 15 is 0 Å². The van der Waals surface area contributed by atoms with Crippen LogP contribution in [0.3, 0.4) is 0 Å². The molecule has 0 saturated heterocycles. The number of aliphatic carboxylic acids is 1. The Kier molecular flexibility index (Phi) is 3.61. The van der Waals surface area contributed by atoms with E-state index in [0.717, 1.165) is 0 Å². The summed E-state index contributed by atoms with van der Waals surface area (Å²) in [5.41, 5.74) is 0.412. The van der Waals surface area contributed by atoms with E-state index < -0.39 is 11.4 Å². The third-order valence-electron chi connectivity index (χ3n) is 3.21. The summed E-state index contributed by atoms with van der Waals surface area (Å²) >= 11 is 0. The number of halogens is 1. The number of nitrogens with one attached hydrogen (secondary N) is 1. The lowest BCUT2D eigenvalue weighted by Crippen LogP contribution is -2.21. The zero-order valence-corrected chi connectivity index (χ0v) is 11.4. The van der Waals surface area contributed by atoms with Gasteiger partial charge in [0.25, 0.3) is 0 Å². The number of ketones is 1. The van der Waals surface area contributed by atoms with E-state index in [2.05, 4.69) is 4.98 Å². The molecule has 0 fully saturated rings. The molecule has 0 spiro atoms. The van der Waals surface area contributed by atoms with Crippen LogP contribution in [0.2, 0.25) is 0 Å². The summed E-state index contributed by atoms with van der Waals surface area (Å²) in [5, 5.41) is 9.49. The van der Waals surface area contributed by atoms with Crippen molar-refractivity contribution < 1.29 is 19.1 Å². The van der Waals surface area contributed by atoms with Crippen LogP contribution in [0.5, 0.6) is 0 Å². The van der Waals surface area contributed by atoms with Gasteiger partial charge >= 0.3 is 5.97 Å². The second-order valence-electron chi connectivity index (χ2n) is 5.73. The number of carboxylic acids is 1. The first-order valence-electron chi connectivity index (χ1n) is 6.30. The number of aromatic nitrogens is 1. The fourth-order valence-electron chi connectivity index (χ4n) is 2.33. The number of aromatic amines is 1. The summed E-state index contributed by atoms with van der Waals surface area (Å²) in [6.07, 6.45) is 1.60. The van der Waals surface area contributed by atoms with Crippen LogP contribution in [-0.2, 0) is 4.79 Å². The van der Waals surface area contributed by atoms with E-state index in [-0.39, 0.29) is 24.4 Å². The zero-order chi connectivity index (χ0) is 14.9. The molecular formula is C15H16FNO3. The molecule has 1 heterocycles. The average molecular weight is 277 g/mol. The molecule has 1 aromatic heterocycles. The van der Waals surface area contributed by atoms with Gasteiger partial charge in [0.15, 0.2) is 5.78 Å². The molecule has 0 atom stereocenters. The van der Waals surface area contributed by atoms with Crippen molar-refractivity contribution in [2.75, 3.05) is 0 Å². The summed E-state index contributed by atoms with van der Waals surface area (Å²) < 4.78 is 13.1. The summed E-state index contributed by atoms with van der Waals surface area (Å²) in [6, 6.07) is 4.18. The molecule has 0 aliphatic rings. The fraction of sp³-hybridized carbons (Fsp3) is 0.333. The van der Waals surface area contributed by atoms with Gasteiger partial charge in [-0.15, -0.1) is 0 Å². The van der Waals surface area contributed by atoms with E-state index in [1.807, 2.05) is 0 Å². The van der Waals surface area contributed by atoms with Crippen molar-refractivity contribution >= 4 is 22.7 Å². The minimum Gasteiger partial charge on any atom is -0.481 e. The molecule has 5 heteroatoms. The summed E-state index contributed by atoms with van der Waals surface area (Å²) in [6.45, 7) is 3.49. The summed E-state index contributed by atoms with van der Waals surface area (Å²) in [4.78, 5) is 25.9. The Balaban J connectivity index is 2.26. The normalized spacial score (nSPS) is 11.8. The highest BCUT2D eigenvalue weighted by Crippen LogP contribution is 2.29. The SMILES string of the molecule is CC(C)(CC(=O)O)CC(=O)c1c[nH]c2cc(F)ccc12. The topological polar surface area (TPSA) is 70.2 Å². The molecule has 0 saturated carbocycles. The molecule has 0 aliphatic carbocycles. The van der Waals surface area contributed by atoms with Crippen molar-refractivity contribution in [2.45, 2.75) is 26.7 Å². The van der Waals surface area contributed by atoms with Crippen molar-refractivity contribution in [3.05, 3.63) is 35.8 Å². The van der Waals surface area contributed by atoms with Crippen molar-refractivity contribution in [3.8, 4) is 0 Å². The van der Waals surface area contributed by atoms with Gasteiger partial charge in [-0.25, -0.2) is 4.39 Å². The predicted octanol–water partition coefficient (Wildman–Crippen LogP) is 3.38. The van der Waals surface area contributed by atoms with Gasteiger partial charge in [0.1, 0.15) is 5.82 Å². The second kappa shape index (κ2) is 5.07. The Labute approximate surface area is 115 Å². The first kappa shape index (κ1) is 14.2. The van der Waals surface area contributed by atoms with Crippen LogP contribution in [0, 0.1) is 11.2 Å². The van der Waals surface area contributed by atoms with Crippen LogP contribution in [0.1, 0.15) is 37.0 Å². The number of hydrogen-bond donors (Lipinski definition) is 2. The highest BCUT2D eigenvalue weighted by Gasteiger charge is 2.26. The number of benzene rings is 1. The number of fused-ring (bicyclic) bond motifs is 1. The summed E-state index contributed by atoms with van der Waals surface area (Å²) in [5.74, 6) is -1.44. The monoisotopic (exact) mass is 277 g/mol. The van der Waals surface area contributed by atoms with Gasteiger partial charge in [0, 0.05) is 29.1 Å². The highest BCUT2D eigenvalue weighted by molar-refractivity contribution is 6.08. The van der Waals surface area contributed by atoms with E-state index in [1.54, 1.807) is 26.1 Å². The molecule has 0 radical (unpaired) electrons. The van der Waals surface area contributed by atoms with E-state index in [0.29, 0.717) is 16.5 Å². The molecule has 2 N–H and O–H groups in total. The van der Waals surface area contributed by atoms with Gasteiger partial charge in [-0.2, -0.15) is 0 Å². The van der Waals surface area contributed by atoms with Crippen LogP contribution in [0.4, 0.5) is 4.39 Å². The van der Waals surface area contributed by atoms with Gasteiger partial charge in [0.05, 0.1) is 6.42 Å². The Morgan fingerprint density at radius 3 is 2.65 bits per heavy atom. The lowest BCUT2D eigenvalue weighted by molar-refractivity contribution is -0.139. The third kappa shape index (κ3) is 3.04. The van der Waals surface area contributed by atoms with Crippen molar-refractivity contribution in [1.82, 2.24) is 4.98 Å². The second-order valence-corrected chi connectivity index (χ2v) is 5.73. The maximum Gasteiger partial charge on any atom is 0.303 e. The molecule has 0 aliphatic heterocycles. The maximum absolute atomic E-state index is 13.1. The van der Waals surface area contributed by atoms with Crippen LogP contribution in [-0.4, -0.2) is 21.8 Å². The molecule has 4 nitrogen and oxygen atoms in total. The van der Waals surface area contributed by atoms with Gasteiger partial charge in [0.2, 0.25) is 0 Å². The van der Waals surface area contributed by atoms with Crippen LogP contribution in [0.25, 0.3) is 10.9 Å².